The van der Waals surface area contributed by atoms with E-state index in [2.05, 4.69) is 25.6 Å². The molecule has 4 aromatic rings. The Bertz CT molecular complexity index is 1360. The summed E-state index contributed by atoms with van der Waals surface area (Å²) in [4.78, 5) is 24.1. The molecule has 1 saturated carbocycles. The second-order valence-electron chi connectivity index (χ2n) is 9.24. The molecule has 0 atom stereocenters. The fourth-order valence-corrected chi connectivity index (χ4v) is 4.26. The van der Waals surface area contributed by atoms with Crippen LogP contribution in [0.4, 0.5) is 5.95 Å². The van der Waals surface area contributed by atoms with Gasteiger partial charge in [-0.2, -0.15) is 19.6 Å². The zero-order valence-electron chi connectivity index (χ0n) is 20.5. The zero-order chi connectivity index (χ0) is 25.0. The van der Waals surface area contributed by atoms with Crippen LogP contribution in [0.5, 0.6) is 11.8 Å². The summed E-state index contributed by atoms with van der Waals surface area (Å²) in [5, 5.41) is 11.0. The molecule has 2 fully saturated rings. The largest absolute Gasteiger partial charge is 0.424 e. The van der Waals surface area contributed by atoms with Gasteiger partial charge in [-0.05, 0) is 42.7 Å². The molecule has 1 aliphatic carbocycles. The molecule has 0 bridgehead atoms. The van der Waals surface area contributed by atoms with E-state index in [0.29, 0.717) is 35.5 Å². The molecule has 10 heteroatoms. The first-order chi connectivity index (χ1) is 18.2. The second-order valence-corrected chi connectivity index (χ2v) is 9.24. The third-order valence-electron chi connectivity index (χ3n) is 6.49. The van der Waals surface area contributed by atoms with Crippen LogP contribution in [0.25, 0.3) is 16.8 Å². The Labute approximate surface area is 214 Å². The maximum absolute atomic E-state index is 12.4. The highest BCUT2D eigenvalue weighted by atomic mass is 16.5. The number of carbonyl (C=O) groups excluding carboxylic acids is 1. The summed E-state index contributed by atoms with van der Waals surface area (Å²) in [5.74, 6) is 1.16. The smallest absolute Gasteiger partial charge is 0.327 e. The van der Waals surface area contributed by atoms with Crippen molar-refractivity contribution >= 4 is 17.5 Å². The lowest BCUT2D eigenvalue weighted by Crippen LogP contribution is -2.39. The number of benzene rings is 2. The van der Waals surface area contributed by atoms with E-state index in [1.165, 1.54) is 0 Å². The maximum atomic E-state index is 12.4. The van der Waals surface area contributed by atoms with Crippen molar-refractivity contribution in [3.8, 4) is 22.9 Å². The highest BCUT2D eigenvalue weighted by Gasteiger charge is 2.24. The molecule has 37 heavy (non-hydrogen) atoms. The molecule has 3 heterocycles. The Morgan fingerprint density at radius 2 is 1.81 bits per heavy atom. The van der Waals surface area contributed by atoms with Gasteiger partial charge in [0.05, 0.1) is 19.4 Å². The van der Waals surface area contributed by atoms with Crippen LogP contribution in [0.15, 0.2) is 60.8 Å². The van der Waals surface area contributed by atoms with Crippen LogP contribution in [0, 0.1) is 0 Å². The highest BCUT2D eigenvalue weighted by Crippen LogP contribution is 2.28. The van der Waals surface area contributed by atoms with Crippen LogP contribution in [0.3, 0.4) is 0 Å². The number of nitrogens with zero attached hydrogens (tertiary/aromatic N) is 5. The summed E-state index contributed by atoms with van der Waals surface area (Å²) >= 11 is 0. The summed E-state index contributed by atoms with van der Waals surface area (Å²) in [6.45, 7) is 4.92. The summed E-state index contributed by atoms with van der Waals surface area (Å²) < 4.78 is 13.1. The van der Waals surface area contributed by atoms with Crippen molar-refractivity contribution in [3.05, 3.63) is 66.4 Å². The molecule has 10 nitrogen and oxygen atoms in total. The topological polar surface area (TPSA) is 106 Å². The SMILES string of the molecule is O=C(NC1CC1)c1ccc(-c2cnn3c(NCCN4CCOCC4)nc(Oc4ccccc4)nc23)cc1. The molecule has 1 amide bonds. The van der Waals surface area contributed by atoms with Crippen molar-refractivity contribution in [1.29, 1.82) is 0 Å². The van der Waals surface area contributed by atoms with E-state index in [0.717, 1.165) is 56.8 Å². The normalized spacial score (nSPS) is 16.0. The number of aromatic nitrogens is 4. The van der Waals surface area contributed by atoms with E-state index in [4.69, 9.17) is 14.5 Å². The van der Waals surface area contributed by atoms with Crippen LogP contribution in [-0.2, 0) is 4.74 Å². The van der Waals surface area contributed by atoms with E-state index in [9.17, 15) is 4.79 Å². The maximum Gasteiger partial charge on any atom is 0.327 e. The molecular formula is C27H29N7O3. The number of nitrogens with one attached hydrogen (secondary N) is 2. The molecule has 2 aliphatic rings. The average molecular weight is 500 g/mol. The fraction of sp³-hybridized carbons (Fsp3) is 0.333. The van der Waals surface area contributed by atoms with Gasteiger partial charge in [0.1, 0.15) is 5.75 Å². The van der Waals surface area contributed by atoms with Gasteiger partial charge in [0, 0.05) is 43.3 Å². The molecule has 2 aromatic carbocycles. The summed E-state index contributed by atoms with van der Waals surface area (Å²) in [5.41, 5.74) is 2.98. The molecule has 0 unspecified atom stereocenters. The number of fused-ring (bicyclic) bond motifs is 1. The first-order valence-corrected chi connectivity index (χ1v) is 12.7. The number of rotatable bonds is 9. The molecule has 0 radical (unpaired) electrons. The van der Waals surface area contributed by atoms with Crippen molar-refractivity contribution < 1.29 is 14.3 Å². The van der Waals surface area contributed by atoms with Gasteiger partial charge in [-0.3, -0.25) is 9.69 Å². The van der Waals surface area contributed by atoms with Crippen LogP contribution >= 0.6 is 0 Å². The number of morpholine rings is 1. The fourth-order valence-electron chi connectivity index (χ4n) is 4.26. The highest BCUT2D eigenvalue weighted by molar-refractivity contribution is 5.95. The number of ether oxygens (including phenoxy) is 2. The van der Waals surface area contributed by atoms with Crippen molar-refractivity contribution in [2.24, 2.45) is 0 Å². The lowest BCUT2D eigenvalue weighted by atomic mass is 10.1. The molecule has 6 rings (SSSR count). The minimum Gasteiger partial charge on any atom is -0.424 e. The second kappa shape index (κ2) is 10.5. The van der Waals surface area contributed by atoms with Gasteiger partial charge in [-0.1, -0.05) is 30.3 Å². The minimum absolute atomic E-state index is 0.0402. The van der Waals surface area contributed by atoms with E-state index < -0.39 is 0 Å². The van der Waals surface area contributed by atoms with E-state index >= 15 is 0 Å². The Morgan fingerprint density at radius 3 is 2.57 bits per heavy atom. The lowest BCUT2D eigenvalue weighted by molar-refractivity contribution is 0.0398. The van der Waals surface area contributed by atoms with E-state index in [1.54, 1.807) is 10.7 Å². The van der Waals surface area contributed by atoms with Crippen LogP contribution in [0.1, 0.15) is 23.2 Å². The quantitative estimate of drug-likeness (QED) is 0.362. The molecule has 190 valence electrons. The average Bonchev–Trinajstić information content (AvgIpc) is 3.65. The Morgan fingerprint density at radius 1 is 1.03 bits per heavy atom. The first-order valence-electron chi connectivity index (χ1n) is 12.7. The van der Waals surface area contributed by atoms with Gasteiger partial charge in [0.15, 0.2) is 5.65 Å². The number of carbonyl (C=O) groups is 1. The standard InChI is InChI=1S/C27H29N7O3/c35-25(30-21-10-11-21)20-8-6-19(7-9-20)23-18-29-34-24(23)31-27(37-22-4-2-1-3-5-22)32-26(34)28-12-13-33-14-16-36-17-15-33/h1-9,18,21H,10-17H2,(H,30,35)(H,28,31,32). The number of para-hydroxylation sites is 1. The van der Waals surface area contributed by atoms with Gasteiger partial charge >= 0.3 is 6.01 Å². The van der Waals surface area contributed by atoms with Gasteiger partial charge in [0.25, 0.3) is 5.91 Å². The van der Waals surface area contributed by atoms with Crippen molar-refractivity contribution in [3.63, 3.8) is 0 Å². The molecule has 2 aromatic heterocycles. The van der Waals surface area contributed by atoms with Crippen LogP contribution < -0.4 is 15.4 Å². The van der Waals surface area contributed by atoms with Crippen molar-refractivity contribution in [2.45, 2.75) is 18.9 Å². The zero-order valence-corrected chi connectivity index (χ0v) is 20.5. The number of hydrogen-bond donors (Lipinski definition) is 2. The van der Waals surface area contributed by atoms with E-state index in [-0.39, 0.29) is 11.9 Å². The molecule has 2 N–H and O–H groups in total. The Balaban J connectivity index is 1.28. The summed E-state index contributed by atoms with van der Waals surface area (Å²) in [6.07, 6.45) is 3.88. The lowest BCUT2D eigenvalue weighted by Gasteiger charge is -2.26. The third kappa shape index (κ3) is 5.55. The van der Waals surface area contributed by atoms with Gasteiger partial charge < -0.3 is 20.1 Å². The number of anilines is 1. The molecule has 1 saturated heterocycles. The third-order valence-corrected chi connectivity index (χ3v) is 6.49. The van der Waals surface area contributed by atoms with E-state index in [1.807, 2.05) is 54.6 Å². The number of amides is 1. The first kappa shape index (κ1) is 23.4. The minimum atomic E-state index is -0.0402. The number of hydrogen-bond acceptors (Lipinski definition) is 8. The molecule has 1 aliphatic heterocycles. The Kier molecular flexibility index (Phi) is 6.66. The predicted molar refractivity (Wildman–Crippen MR) is 139 cm³/mol. The van der Waals surface area contributed by atoms with Gasteiger partial charge in [-0.15, -0.1) is 0 Å². The van der Waals surface area contributed by atoms with Crippen molar-refractivity contribution in [2.75, 3.05) is 44.7 Å². The van der Waals surface area contributed by atoms with Crippen molar-refractivity contribution in [1.82, 2.24) is 29.8 Å². The van der Waals surface area contributed by atoms with Crippen LogP contribution in [-0.4, -0.2) is 75.8 Å². The van der Waals surface area contributed by atoms with Gasteiger partial charge in [-0.25, -0.2) is 0 Å². The van der Waals surface area contributed by atoms with Gasteiger partial charge in [0.2, 0.25) is 5.95 Å². The molecular weight excluding hydrogens is 470 g/mol. The monoisotopic (exact) mass is 499 g/mol. The summed E-state index contributed by atoms with van der Waals surface area (Å²) in [7, 11) is 0. The predicted octanol–water partition coefficient (Wildman–Crippen LogP) is 3.22. The van der Waals surface area contributed by atoms with Crippen LogP contribution in [0.2, 0.25) is 0 Å². The Hall–Kier alpha value is -4.02. The summed E-state index contributed by atoms with van der Waals surface area (Å²) in [6, 6.07) is 17.5. The molecule has 0 spiro atoms.